The van der Waals surface area contributed by atoms with E-state index in [1.54, 1.807) is 25.1 Å². The molecule has 0 fully saturated rings. The van der Waals surface area contributed by atoms with Gasteiger partial charge in [-0.1, -0.05) is 45.0 Å². The maximum absolute atomic E-state index is 12.6. The summed E-state index contributed by atoms with van der Waals surface area (Å²) in [6, 6.07) is 17.5. The van der Waals surface area contributed by atoms with Gasteiger partial charge in [-0.2, -0.15) is 0 Å². The van der Waals surface area contributed by atoms with Crippen molar-refractivity contribution in [3.63, 3.8) is 0 Å². The second kappa shape index (κ2) is 9.41. The predicted octanol–water partition coefficient (Wildman–Crippen LogP) is 6.55. The number of esters is 2. The summed E-state index contributed by atoms with van der Waals surface area (Å²) in [6.07, 6.45) is 3.67. The number of carbonyl (C=O) groups excluding carboxylic acids is 2. The molecule has 4 rings (SSSR count). The third-order valence-electron chi connectivity index (χ3n) is 6.18. The SMILES string of the molecule is CCOC(=O)c1ccc(-n2c(C)cc(/C=C3\C=C(c4ccc(C(C)(C)C)cc4)OC3=O)c2C)cc1. The number of aryl methyl sites for hydroxylation is 1. The van der Waals surface area contributed by atoms with Crippen molar-refractivity contribution in [3.8, 4) is 5.69 Å². The number of ether oxygens (including phenoxy) is 2. The molecule has 1 aliphatic rings. The first-order chi connectivity index (χ1) is 16.6. The van der Waals surface area contributed by atoms with Crippen molar-refractivity contribution in [3.05, 3.63) is 99.9 Å². The van der Waals surface area contributed by atoms with E-state index in [4.69, 9.17) is 9.47 Å². The molecular weight excluding hydrogens is 438 g/mol. The van der Waals surface area contributed by atoms with Gasteiger partial charge in [0, 0.05) is 22.6 Å². The van der Waals surface area contributed by atoms with Crippen LogP contribution in [0.4, 0.5) is 0 Å². The van der Waals surface area contributed by atoms with Crippen LogP contribution in [0.1, 0.15) is 66.1 Å². The van der Waals surface area contributed by atoms with Gasteiger partial charge in [-0.25, -0.2) is 9.59 Å². The Kier molecular flexibility index (Phi) is 6.53. The van der Waals surface area contributed by atoms with Crippen molar-refractivity contribution in [1.29, 1.82) is 0 Å². The van der Waals surface area contributed by atoms with Gasteiger partial charge in [0.2, 0.25) is 0 Å². The zero-order valence-corrected chi connectivity index (χ0v) is 21.1. The van der Waals surface area contributed by atoms with Gasteiger partial charge in [-0.05, 0) is 79.8 Å². The first kappa shape index (κ1) is 24.3. The van der Waals surface area contributed by atoms with Crippen LogP contribution < -0.4 is 0 Å². The fourth-order valence-corrected chi connectivity index (χ4v) is 4.23. The van der Waals surface area contributed by atoms with E-state index >= 15 is 0 Å². The minimum atomic E-state index is -0.358. The van der Waals surface area contributed by atoms with Gasteiger partial charge >= 0.3 is 11.9 Å². The smallest absolute Gasteiger partial charge is 0.343 e. The molecular formula is C30H31NO4. The van der Waals surface area contributed by atoms with Crippen molar-refractivity contribution in [2.45, 2.75) is 47.0 Å². The fourth-order valence-electron chi connectivity index (χ4n) is 4.23. The quantitative estimate of drug-likeness (QED) is 0.314. The van der Waals surface area contributed by atoms with Crippen LogP contribution in [0.2, 0.25) is 0 Å². The van der Waals surface area contributed by atoms with Crippen LogP contribution in [-0.4, -0.2) is 23.1 Å². The summed E-state index contributed by atoms with van der Waals surface area (Å²) in [4.78, 5) is 24.6. The Morgan fingerprint density at radius 1 is 1.03 bits per heavy atom. The molecule has 2 aromatic carbocycles. The van der Waals surface area contributed by atoms with E-state index in [2.05, 4.69) is 37.5 Å². The Morgan fingerprint density at radius 2 is 1.69 bits per heavy atom. The molecule has 1 aliphatic heterocycles. The molecule has 0 amide bonds. The summed E-state index contributed by atoms with van der Waals surface area (Å²) in [5.74, 6) is -0.130. The summed E-state index contributed by atoms with van der Waals surface area (Å²) in [5, 5.41) is 0. The lowest BCUT2D eigenvalue weighted by Gasteiger charge is -2.19. The highest BCUT2D eigenvalue weighted by Gasteiger charge is 2.23. The molecule has 2 heterocycles. The standard InChI is InChI=1S/C30H31NO4/c1-7-34-28(32)22-10-14-26(15-11-22)31-19(2)16-23(20(31)3)17-24-18-27(35-29(24)33)21-8-12-25(13-9-21)30(4,5)6/h8-18H,7H2,1-6H3/b24-17+. The van der Waals surface area contributed by atoms with Crippen molar-refractivity contribution >= 4 is 23.8 Å². The molecule has 0 saturated heterocycles. The number of cyclic esters (lactones) is 1. The topological polar surface area (TPSA) is 57.5 Å². The third-order valence-corrected chi connectivity index (χ3v) is 6.18. The normalized spacial score (nSPS) is 14.7. The lowest BCUT2D eigenvalue weighted by atomic mass is 9.86. The number of nitrogens with zero attached hydrogens (tertiary/aromatic N) is 1. The first-order valence-corrected chi connectivity index (χ1v) is 11.8. The maximum atomic E-state index is 12.6. The van der Waals surface area contributed by atoms with Gasteiger partial charge in [0.05, 0.1) is 17.7 Å². The Bertz CT molecular complexity index is 1330. The van der Waals surface area contributed by atoms with Gasteiger partial charge in [0.15, 0.2) is 0 Å². The van der Waals surface area contributed by atoms with Gasteiger partial charge in [0.25, 0.3) is 0 Å². The van der Waals surface area contributed by atoms with E-state index in [-0.39, 0.29) is 17.4 Å². The molecule has 35 heavy (non-hydrogen) atoms. The Morgan fingerprint density at radius 3 is 2.29 bits per heavy atom. The molecule has 0 bridgehead atoms. The van der Waals surface area contributed by atoms with Crippen molar-refractivity contribution < 1.29 is 19.1 Å². The summed E-state index contributed by atoms with van der Waals surface area (Å²) in [6.45, 7) is 12.7. The lowest BCUT2D eigenvalue weighted by Crippen LogP contribution is -2.10. The van der Waals surface area contributed by atoms with Crippen LogP contribution in [-0.2, 0) is 19.7 Å². The summed E-state index contributed by atoms with van der Waals surface area (Å²) in [7, 11) is 0. The van der Waals surface area contributed by atoms with Crippen LogP contribution >= 0.6 is 0 Å². The molecule has 0 spiro atoms. The van der Waals surface area contributed by atoms with Gasteiger partial charge in [-0.15, -0.1) is 0 Å². The average Bonchev–Trinajstić information content (AvgIpc) is 3.32. The number of aromatic nitrogens is 1. The number of rotatable bonds is 5. The van der Waals surface area contributed by atoms with Crippen LogP contribution in [0, 0.1) is 13.8 Å². The fraction of sp³-hybridized carbons (Fsp3) is 0.267. The summed E-state index contributed by atoms with van der Waals surface area (Å²) in [5.41, 5.74) is 7.07. The van der Waals surface area contributed by atoms with E-state index in [0.717, 1.165) is 28.2 Å². The molecule has 0 N–H and O–H groups in total. The Hall–Kier alpha value is -3.86. The molecule has 0 saturated carbocycles. The third kappa shape index (κ3) is 4.99. The highest BCUT2D eigenvalue weighted by molar-refractivity contribution is 6.05. The van der Waals surface area contributed by atoms with E-state index < -0.39 is 0 Å². The molecule has 3 aromatic rings. The first-order valence-electron chi connectivity index (χ1n) is 11.8. The highest BCUT2D eigenvalue weighted by atomic mass is 16.5. The van der Waals surface area contributed by atoms with Crippen molar-refractivity contribution in [2.24, 2.45) is 0 Å². The molecule has 5 nitrogen and oxygen atoms in total. The van der Waals surface area contributed by atoms with E-state index in [1.807, 2.05) is 50.3 Å². The monoisotopic (exact) mass is 469 g/mol. The van der Waals surface area contributed by atoms with Gasteiger partial charge in [0.1, 0.15) is 5.76 Å². The van der Waals surface area contributed by atoms with E-state index in [9.17, 15) is 9.59 Å². The number of benzene rings is 2. The summed E-state index contributed by atoms with van der Waals surface area (Å²) >= 11 is 0. The van der Waals surface area contributed by atoms with Gasteiger partial charge in [-0.3, -0.25) is 0 Å². The zero-order valence-electron chi connectivity index (χ0n) is 21.1. The number of carbonyl (C=O) groups is 2. The predicted molar refractivity (Wildman–Crippen MR) is 138 cm³/mol. The second-order valence-electron chi connectivity index (χ2n) is 9.75. The van der Waals surface area contributed by atoms with Crippen LogP contribution in [0.5, 0.6) is 0 Å². The minimum Gasteiger partial charge on any atom is -0.462 e. The zero-order chi connectivity index (χ0) is 25.3. The second-order valence-corrected chi connectivity index (χ2v) is 9.75. The molecule has 180 valence electrons. The molecule has 0 radical (unpaired) electrons. The lowest BCUT2D eigenvalue weighted by molar-refractivity contribution is -0.130. The van der Waals surface area contributed by atoms with Crippen LogP contribution in [0.3, 0.4) is 0 Å². The van der Waals surface area contributed by atoms with Gasteiger partial charge < -0.3 is 14.0 Å². The minimum absolute atomic E-state index is 0.0615. The molecule has 0 aliphatic carbocycles. The average molecular weight is 470 g/mol. The van der Waals surface area contributed by atoms with E-state index in [1.165, 1.54) is 5.56 Å². The molecule has 5 heteroatoms. The van der Waals surface area contributed by atoms with Crippen molar-refractivity contribution in [2.75, 3.05) is 6.61 Å². The Labute approximate surface area is 206 Å². The summed E-state index contributed by atoms with van der Waals surface area (Å²) < 4.78 is 12.7. The maximum Gasteiger partial charge on any atom is 0.343 e. The van der Waals surface area contributed by atoms with Crippen LogP contribution in [0.25, 0.3) is 17.5 Å². The Balaban J connectivity index is 1.62. The van der Waals surface area contributed by atoms with E-state index in [0.29, 0.717) is 23.5 Å². The molecule has 1 aromatic heterocycles. The van der Waals surface area contributed by atoms with Crippen LogP contribution in [0.15, 0.2) is 66.2 Å². The number of hydrogen-bond acceptors (Lipinski definition) is 4. The molecule has 0 unspecified atom stereocenters. The largest absolute Gasteiger partial charge is 0.462 e. The molecule has 0 atom stereocenters. The highest BCUT2D eigenvalue weighted by Crippen LogP contribution is 2.31. The van der Waals surface area contributed by atoms with Crippen molar-refractivity contribution in [1.82, 2.24) is 4.57 Å². The number of hydrogen-bond donors (Lipinski definition) is 0.